The predicted molar refractivity (Wildman–Crippen MR) is 74.2 cm³/mol. The van der Waals surface area contributed by atoms with E-state index >= 15 is 0 Å². The van der Waals surface area contributed by atoms with Gasteiger partial charge in [-0.25, -0.2) is 0 Å². The molecule has 0 heterocycles. The molecule has 0 aliphatic rings. The first-order valence-corrected chi connectivity index (χ1v) is 6.09. The van der Waals surface area contributed by atoms with Gasteiger partial charge in [-0.15, -0.1) is 0 Å². The van der Waals surface area contributed by atoms with Crippen molar-refractivity contribution in [1.29, 1.82) is 0 Å². The average molecular weight is 259 g/mol. The summed E-state index contributed by atoms with van der Waals surface area (Å²) in [5.74, 6) is 1.49. The highest BCUT2D eigenvalue weighted by molar-refractivity contribution is 5.41. The van der Waals surface area contributed by atoms with E-state index in [0.717, 1.165) is 17.1 Å². The molecule has 0 aliphatic carbocycles. The molecule has 0 aliphatic heterocycles. The van der Waals surface area contributed by atoms with E-state index in [4.69, 9.17) is 20.3 Å². The summed E-state index contributed by atoms with van der Waals surface area (Å²) < 4.78 is 11.0. The highest BCUT2D eigenvalue weighted by Gasteiger charge is 1.97. The number of nitrogen functional groups attached to an aromatic ring is 1. The Labute approximate surface area is 112 Å². The van der Waals surface area contributed by atoms with Crippen molar-refractivity contribution in [3.63, 3.8) is 0 Å². The average Bonchev–Trinajstić information content (AvgIpc) is 2.46. The zero-order chi connectivity index (χ0) is 13.5. The smallest absolute Gasteiger partial charge is 0.122 e. The van der Waals surface area contributed by atoms with E-state index in [2.05, 4.69) is 0 Å². The van der Waals surface area contributed by atoms with Gasteiger partial charge in [-0.1, -0.05) is 12.1 Å². The molecule has 0 radical (unpaired) electrons. The number of hydrogen-bond donors (Lipinski definition) is 2. The fourth-order valence-electron chi connectivity index (χ4n) is 1.62. The molecule has 0 fully saturated rings. The van der Waals surface area contributed by atoms with Gasteiger partial charge >= 0.3 is 0 Å². The van der Waals surface area contributed by atoms with E-state index in [0.29, 0.717) is 18.9 Å². The van der Waals surface area contributed by atoms with E-state index < -0.39 is 0 Å². The Kier molecular flexibility index (Phi) is 4.64. The molecule has 100 valence electrons. The molecule has 2 aromatic rings. The molecular weight excluding hydrogens is 242 g/mol. The zero-order valence-electron chi connectivity index (χ0n) is 10.6. The van der Waals surface area contributed by atoms with E-state index in [1.165, 1.54) is 0 Å². The van der Waals surface area contributed by atoms with Crippen molar-refractivity contribution in [2.75, 3.05) is 18.9 Å². The van der Waals surface area contributed by atoms with E-state index in [-0.39, 0.29) is 6.61 Å². The highest BCUT2D eigenvalue weighted by atomic mass is 16.5. The third-order valence-electron chi connectivity index (χ3n) is 2.58. The SMILES string of the molecule is Nc1ccc(OCCOc2cccc(CO)c2)cc1. The minimum atomic E-state index is 0.0130. The molecule has 0 atom stereocenters. The first-order chi connectivity index (χ1) is 9.28. The molecule has 2 aromatic carbocycles. The molecule has 2 rings (SSSR count). The van der Waals surface area contributed by atoms with Gasteiger partial charge < -0.3 is 20.3 Å². The van der Waals surface area contributed by atoms with Crippen molar-refractivity contribution in [2.24, 2.45) is 0 Å². The van der Waals surface area contributed by atoms with Crippen molar-refractivity contribution < 1.29 is 14.6 Å². The number of nitrogens with two attached hydrogens (primary N) is 1. The second kappa shape index (κ2) is 6.66. The quantitative estimate of drug-likeness (QED) is 0.616. The van der Waals surface area contributed by atoms with E-state index in [9.17, 15) is 0 Å². The van der Waals surface area contributed by atoms with Crippen LogP contribution in [0.2, 0.25) is 0 Å². The zero-order valence-corrected chi connectivity index (χ0v) is 10.6. The third kappa shape index (κ3) is 4.19. The molecular formula is C15H17NO3. The van der Waals surface area contributed by atoms with Crippen LogP contribution in [-0.4, -0.2) is 18.3 Å². The third-order valence-corrected chi connectivity index (χ3v) is 2.58. The highest BCUT2D eigenvalue weighted by Crippen LogP contribution is 2.14. The monoisotopic (exact) mass is 259 g/mol. The Morgan fingerprint density at radius 2 is 1.58 bits per heavy atom. The number of benzene rings is 2. The Bertz CT molecular complexity index is 511. The molecule has 0 bridgehead atoms. The normalized spacial score (nSPS) is 10.2. The van der Waals surface area contributed by atoms with Crippen LogP contribution < -0.4 is 15.2 Å². The summed E-state index contributed by atoms with van der Waals surface area (Å²) in [6.07, 6.45) is 0. The van der Waals surface area contributed by atoms with Gasteiger partial charge in [-0.3, -0.25) is 0 Å². The number of rotatable bonds is 6. The molecule has 0 unspecified atom stereocenters. The minimum absolute atomic E-state index is 0.0130. The van der Waals surface area contributed by atoms with Crippen molar-refractivity contribution in [3.05, 3.63) is 54.1 Å². The summed E-state index contributed by atoms with van der Waals surface area (Å²) in [5, 5.41) is 9.01. The summed E-state index contributed by atoms with van der Waals surface area (Å²) in [6, 6.07) is 14.6. The maximum absolute atomic E-state index is 9.01. The van der Waals surface area contributed by atoms with E-state index in [1.54, 1.807) is 12.1 Å². The van der Waals surface area contributed by atoms with Crippen LogP contribution in [0.5, 0.6) is 11.5 Å². The fourth-order valence-corrected chi connectivity index (χ4v) is 1.62. The number of ether oxygens (including phenoxy) is 2. The lowest BCUT2D eigenvalue weighted by Gasteiger charge is -2.09. The second-order valence-corrected chi connectivity index (χ2v) is 4.07. The van der Waals surface area contributed by atoms with Crippen molar-refractivity contribution in [2.45, 2.75) is 6.61 Å². The van der Waals surface area contributed by atoms with Crippen LogP contribution in [0.1, 0.15) is 5.56 Å². The maximum Gasteiger partial charge on any atom is 0.122 e. The topological polar surface area (TPSA) is 64.7 Å². The molecule has 19 heavy (non-hydrogen) atoms. The Balaban J connectivity index is 1.75. The second-order valence-electron chi connectivity index (χ2n) is 4.07. The Morgan fingerprint density at radius 3 is 2.26 bits per heavy atom. The number of aliphatic hydroxyl groups is 1. The van der Waals surface area contributed by atoms with E-state index in [1.807, 2.05) is 36.4 Å². The Hall–Kier alpha value is -2.20. The van der Waals surface area contributed by atoms with Crippen LogP contribution in [-0.2, 0) is 6.61 Å². The molecule has 3 N–H and O–H groups in total. The van der Waals surface area contributed by atoms with Crippen molar-refractivity contribution >= 4 is 5.69 Å². The molecule has 0 saturated heterocycles. The van der Waals surface area contributed by atoms with Crippen LogP contribution in [0.15, 0.2) is 48.5 Å². The van der Waals surface area contributed by atoms with Crippen LogP contribution in [0.25, 0.3) is 0 Å². The van der Waals surface area contributed by atoms with Gasteiger partial charge in [0, 0.05) is 5.69 Å². The summed E-state index contributed by atoms with van der Waals surface area (Å²) in [6.45, 7) is 0.908. The summed E-state index contributed by atoms with van der Waals surface area (Å²) in [4.78, 5) is 0. The van der Waals surface area contributed by atoms with Crippen molar-refractivity contribution in [1.82, 2.24) is 0 Å². The van der Waals surface area contributed by atoms with Crippen molar-refractivity contribution in [3.8, 4) is 11.5 Å². The molecule has 0 saturated carbocycles. The number of hydrogen-bond acceptors (Lipinski definition) is 4. The van der Waals surface area contributed by atoms with Gasteiger partial charge in [0.05, 0.1) is 6.61 Å². The molecule has 0 amide bonds. The molecule has 4 heteroatoms. The lowest BCUT2D eigenvalue weighted by Crippen LogP contribution is -2.09. The van der Waals surface area contributed by atoms with Crippen LogP contribution >= 0.6 is 0 Å². The fraction of sp³-hybridized carbons (Fsp3) is 0.200. The number of anilines is 1. The van der Waals surface area contributed by atoms with Gasteiger partial charge in [0.1, 0.15) is 24.7 Å². The van der Waals surface area contributed by atoms with Gasteiger partial charge in [0.15, 0.2) is 0 Å². The first kappa shape index (κ1) is 13.2. The Morgan fingerprint density at radius 1 is 0.895 bits per heavy atom. The van der Waals surface area contributed by atoms with Gasteiger partial charge in [0.2, 0.25) is 0 Å². The molecule has 4 nitrogen and oxygen atoms in total. The summed E-state index contributed by atoms with van der Waals surface area (Å²) >= 11 is 0. The van der Waals surface area contributed by atoms with Crippen LogP contribution in [0, 0.1) is 0 Å². The van der Waals surface area contributed by atoms with Gasteiger partial charge in [-0.05, 0) is 42.0 Å². The van der Waals surface area contributed by atoms with Crippen LogP contribution in [0.4, 0.5) is 5.69 Å². The minimum Gasteiger partial charge on any atom is -0.490 e. The van der Waals surface area contributed by atoms with Crippen LogP contribution in [0.3, 0.4) is 0 Å². The van der Waals surface area contributed by atoms with Gasteiger partial charge in [0.25, 0.3) is 0 Å². The van der Waals surface area contributed by atoms with Gasteiger partial charge in [-0.2, -0.15) is 0 Å². The largest absolute Gasteiger partial charge is 0.490 e. The summed E-state index contributed by atoms with van der Waals surface area (Å²) in [5.41, 5.74) is 7.13. The molecule has 0 aromatic heterocycles. The lowest BCUT2D eigenvalue weighted by molar-refractivity contribution is 0.216. The lowest BCUT2D eigenvalue weighted by atomic mass is 10.2. The summed E-state index contributed by atoms with van der Waals surface area (Å²) in [7, 11) is 0. The first-order valence-electron chi connectivity index (χ1n) is 6.09. The molecule has 0 spiro atoms. The predicted octanol–water partition coefficient (Wildman–Crippen LogP) is 2.22. The standard InChI is InChI=1S/C15H17NO3/c16-13-4-6-14(7-5-13)18-8-9-19-15-3-1-2-12(10-15)11-17/h1-7,10,17H,8-9,11,16H2. The maximum atomic E-state index is 9.01. The number of aliphatic hydroxyl groups excluding tert-OH is 1.